The number of hydrogen-bond acceptors (Lipinski definition) is 3. The summed E-state index contributed by atoms with van der Waals surface area (Å²) in [6.07, 6.45) is 1.38. The van der Waals surface area contributed by atoms with Gasteiger partial charge in [-0.05, 0) is 24.6 Å². The minimum absolute atomic E-state index is 0.0489. The Labute approximate surface area is 119 Å². The molecule has 2 rings (SSSR count). The van der Waals surface area contributed by atoms with E-state index in [1.807, 2.05) is 0 Å². The zero-order chi connectivity index (χ0) is 14.0. The fourth-order valence-electron chi connectivity index (χ4n) is 1.53. The summed E-state index contributed by atoms with van der Waals surface area (Å²) >= 11 is 11.7. The summed E-state index contributed by atoms with van der Waals surface area (Å²) in [6.45, 7) is 1.74. The van der Waals surface area contributed by atoms with Crippen LogP contribution in [0.4, 0.5) is 0 Å². The van der Waals surface area contributed by atoms with Gasteiger partial charge in [0.15, 0.2) is 0 Å². The number of carboxylic acid groups (broad SMARTS) is 1. The molecule has 0 aliphatic rings. The number of hydrogen-bond donors (Lipinski definition) is 1. The van der Waals surface area contributed by atoms with E-state index in [4.69, 9.17) is 33.0 Å². The van der Waals surface area contributed by atoms with Gasteiger partial charge in [0, 0.05) is 6.20 Å². The number of aromatic nitrogens is 1. The SMILES string of the molecule is Cc1cccc(C(=O)O)c1Oc1ncc(Cl)cc1Cl. The molecule has 1 aromatic carbocycles. The molecule has 0 saturated carbocycles. The Kier molecular flexibility index (Phi) is 3.93. The highest BCUT2D eigenvalue weighted by atomic mass is 35.5. The summed E-state index contributed by atoms with van der Waals surface area (Å²) < 4.78 is 5.50. The second kappa shape index (κ2) is 5.47. The molecule has 6 heteroatoms. The highest BCUT2D eigenvalue weighted by Gasteiger charge is 2.16. The first-order valence-corrected chi connectivity index (χ1v) is 6.06. The Morgan fingerprint density at radius 2 is 2.11 bits per heavy atom. The van der Waals surface area contributed by atoms with E-state index in [9.17, 15) is 4.79 Å². The van der Waals surface area contributed by atoms with Crippen LogP contribution in [0.25, 0.3) is 0 Å². The van der Waals surface area contributed by atoms with E-state index in [2.05, 4.69) is 4.98 Å². The van der Waals surface area contributed by atoms with Crippen molar-refractivity contribution < 1.29 is 14.6 Å². The Morgan fingerprint density at radius 1 is 1.37 bits per heavy atom. The third kappa shape index (κ3) is 2.97. The van der Waals surface area contributed by atoms with Crippen molar-refractivity contribution in [2.24, 2.45) is 0 Å². The van der Waals surface area contributed by atoms with E-state index in [0.717, 1.165) is 0 Å². The molecular weight excluding hydrogens is 289 g/mol. The number of rotatable bonds is 3. The molecule has 0 aliphatic heterocycles. The predicted octanol–water partition coefficient (Wildman–Crippen LogP) is 4.19. The van der Waals surface area contributed by atoms with Crippen LogP contribution in [0.5, 0.6) is 11.6 Å². The highest BCUT2D eigenvalue weighted by molar-refractivity contribution is 6.35. The quantitative estimate of drug-likeness (QED) is 0.923. The topological polar surface area (TPSA) is 59.4 Å². The van der Waals surface area contributed by atoms with Crippen LogP contribution in [0.3, 0.4) is 0 Å². The molecule has 1 heterocycles. The lowest BCUT2D eigenvalue weighted by atomic mass is 10.1. The third-order valence-corrected chi connectivity index (χ3v) is 2.89. The lowest BCUT2D eigenvalue weighted by Gasteiger charge is -2.11. The number of carbonyl (C=O) groups is 1. The summed E-state index contributed by atoms with van der Waals surface area (Å²) in [4.78, 5) is 15.1. The summed E-state index contributed by atoms with van der Waals surface area (Å²) in [5.74, 6) is -0.752. The van der Waals surface area contributed by atoms with Crippen molar-refractivity contribution in [1.82, 2.24) is 4.98 Å². The Hall–Kier alpha value is -1.78. The van der Waals surface area contributed by atoms with E-state index in [0.29, 0.717) is 10.6 Å². The smallest absolute Gasteiger partial charge is 0.339 e. The number of ether oxygens (including phenoxy) is 1. The first kappa shape index (κ1) is 13.6. The molecule has 0 aliphatic carbocycles. The monoisotopic (exact) mass is 297 g/mol. The zero-order valence-electron chi connectivity index (χ0n) is 9.85. The van der Waals surface area contributed by atoms with Gasteiger partial charge in [-0.1, -0.05) is 35.3 Å². The lowest BCUT2D eigenvalue weighted by Crippen LogP contribution is -2.02. The van der Waals surface area contributed by atoms with Crippen LogP contribution in [0.1, 0.15) is 15.9 Å². The van der Waals surface area contributed by atoms with Crippen molar-refractivity contribution >= 4 is 29.2 Å². The lowest BCUT2D eigenvalue weighted by molar-refractivity contribution is 0.0694. The van der Waals surface area contributed by atoms with E-state index in [1.54, 1.807) is 19.1 Å². The zero-order valence-corrected chi connectivity index (χ0v) is 11.4. The number of para-hydroxylation sites is 1. The van der Waals surface area contributed by atoms with Crippen molar-refractivity contribution in [1.29, 1.82) is 0 Å². The number of carboxylic acids is 1. The van der Waals surface area contributed by atoms with E-state index in [-0.39, 0.29) is 22.2 Å². The van der Waals surface area contributed by atoms with Crippen LogP contribution >= 0.6 is 23.2 Å². The van der Waals surface area contributed by atoms with Gasteiger partial charge in [0.2, 0.25) is 5.88 Å². The van der Waals surface area contributed by atoms with Gasteiger partial charge < -0.3 is 9.84 Å². The highest BCUT2D eigenvalue weighted by Crippen LogP contribution is 2.33. The molecule has 0 unspecified atom stereocenters. The molecule has 2 aromatic rings. The number of aryl methyl sites for hydroxylation is 1. The first-order valence-electron chi connectivity index (χ1n) is 5.31. The molecule has 0 saturated heterocycles. The summed E-state index contributed by atoms with van der Waals surface area (Å²) in [6, 6.07) is 6.31. The third-order valence-electron chi connectivity index (χ3n) is 2.42. The standard InChI is InChI=1S/C13H9Cl2NO3/c1-7-3-2-4-9(13(17)18)11(7)19-12-10(15)5-8(14)6-16-12/h2-6H,1H3,(H,17,18). The van der Waals surface area contributed by atoms with Gasteiger partial charge in [-0.15, -0.1) is 0 Å². The molecule has 4 nitrogen and oxygen atoms in total. The molecule has 0 radical (unpaired) electrons. The van der Waals surface area contributed by atoms with Crippen molar-refractivity contribution in [2.45, 2.75) is 6.92 Å². The average Bonchev–Trinajstić information content (AvgIpc) is 2.34. The number of nitrogens with zero attached hydrogens (tertiary/aromatic N) is 1. The molecule has 1 N–H and O–H groups in total. The summed E-state index contributed by atoms with van der Waals surface area (Å²) in [7, 11) is 0. The minimum Gasteiger partial charge on any atom is -0.478 e. The van der Waals surface area contributed by atoms with Crippen LogP contribution < -0.4 is 4.74 Å². The number of aromatic carboxylic acids is 1. The van der Waals surface area contributed by atoms with Gasteiger partial charge in [-0.25, -0.2) is 9.78 Å². The number of pyridine rings is 1. The second-order valence-electron chi connectivity index (χ2n) is 3.80. The Morgan fingerprint density at radius 3 is 2.74 bits per heavy atom. The van der Waals surface area contributed by atoms with Crippen molar-refractivity contribution in [3.63, 3.8) is 0 Å². The fourth-order valence-corrected chi connectivity index (χ4v) is 1.95. The van der Waals surface area contributed by atoms with Crippen molar-refractivity contribution in [2.75, 3.05) is 0 Å². The molecule has 0 amide bonds. The normalized spacial score (nSPS) is 10.3. The molecule has 19 heavy (non-hydrogen) atoms. The molecule has 0 fully saturated rings. The number of benzene rings is 1. The van der Waals surface area contributed by atoms with Crippen LogP contribution in [0.15, 0.2) is 30.5 Å². The van der Waals surface area contributed by atoms with Crippen LogP contribution in [-0.4, -0.2) is 16.1 Å². The predicted molar refractivity (Wildman–Crippen MR) is 72.5 cm³/mol. The molecule has 0 atom stereocenters. The van der Waals surface area contributed by atoms with Gasteiger partial charge in [0.1, 0.15) is 16.3 Å². The maximum absolute atomic E-state index is 11.1. The van der Waals surface area contributed by atoms with Crippen molar-refractivity contribution in [3.8, 4) is 11.6 Å². The van der Waals surface area contributed by atoms with E-state index < -0.39 is 5.97 Å². The van der Waals surface area contributed by atoms with Gasteiger partial charge in [-0.3, -0.25) is 0 Å². The molecule has 1 aromatic heterocycles. The van der Waals surface area contributed by atoms with Crippen LogP contribution in [-0.2, 0) is 0 Å². The summed E-state index contributed by atoms with van der Waals surface area (Å²) in [5.41, 5.74) is 0.723. The largest absolute Gasteiger partial charge is 0.478 e. The molecule has 0 bridgehead atoms. The average molecular weight is 298 g/mol. The van der Waals surface area contributed by atoms with Gasteiger partial charge in [0.05, 0.1) is 5.02 Å². The van der Waals surface area contributed by atoms with Gasteiger partial charge in [0.25, 0.3) is 0 Å². The summed E-state index contributed by atoms with van der Waals surface area (Å²) in [5, 5.41) is 9.72. The Balaban J connectivity index is 2.46. The fraction of sp³-hybridized carbons (Fsp3) is 0.0769. The van der Waals surface area contributed by atoms with Gasteiger partial charge in [-0.2, -0.15) is 0 Å². The first-order chi connectivity index (χ1) is 8.99. The maximum atomic E-state index is 11.1. The number of halogens is 2. The van der Waals surface area contributed by atoms with E-state index >= 15 is 0 Å². The molecule has 98 valence electrons. The van der Waals surface area contributed by atoms with Crippen LogP contribution in [0.2, 0.25) is 10.0 Å². The van der Waals surface area contributed by atoms with Crippen molar-refractivity contribution in [3.05, 3.63) is 51.6 Å². The van der Waals surface area contributed by atoms with Gasteiger partial charge >= 0.3 is 5.97 Å². The minimum atomic E-state index is -1.08. The maximum Gasteiger partial charge on any atom is 0.339 e. The van der Waals surface area contributed by atoms with E-state index in [1.165, 1.54) is 18.3 Å². The Bertz CT molecular complexity index is 644. The van der Waals surface area contributed by atoms with Crippen LogP contribution in [0, 0.1) is 6.92 Å². The molecular formula is C13H9Cl2NO3. The molecule has 0 spiro atoms. The second-order valence-corrected chi connectivity index (χ2v) is 4.64.